The molecule has 1 fully saturated rings. The first-order valence-corrected chi connectivity index (χ1v) is 11.5. The van der Waals surface area contributed by atoms with E-state index in [0.29, 0.717) is 18.8 Å². The SMILES string of the molecule is Cc1ccc(S(=O)(=O)N2CCN(CC(=O)N(CCC#N)c3ccc(F)cc3)CC2)cc1. The zero-order valence-electron chi connectivity index (χ0n) is 17.4. The van der Waals surface area contributed by atoms with E-state index in [1.807, 2.05) is 17.9 Å². The summed E-state index contributed by atoms with van der Waals surface area (Å²) in [7, 11) is -3.57. The van der Waals surface area contributed by atoms with Crippen molar-refractivity contribution in [3.05, 3.63) is 59.9 Å². The molecule has 1 heterocycles. The highest BCUT2D eigenvalue weighted by Crippen LogP contribution is 2.19. The van der Waals surface area contributed by atoms with Gasteiger partial charge in [-0.25, -0.2) is 12.8 Å². The Bertz CT molecular complexity index is 1040. The second-order valence-corrected chi connectivity index (χ2v) is 9.36. The first-order chi connectivity index (χ1) is 14.8. The van der Waals surface area contributed by atoms with Crippen molar-refractivity contribution in [3.63, 3.8) is 0 Å². The van der Waals surface area contributed by atoms with Gasteiger partial charge in [-0.2, -0.15) is 9.57 Å². The standard InChI is InChI=1S/C22H25FN4O3S/c1-18-3-9-21(10-4-18)31(29,30)26-15-13-25(14-16-26)17-22(28)27(12-2-11-24)20-7-5-19(23)6-8-20/h3-10H,2,12-17H2,1H3. The van der Waals surface area contributed by atoms with Gasteiger partial charge in [0.25, 0.3) is 0 Å². The Morgan fingerprint density at radius 2 is 1.68 bits per heavy atom. The van der Waals surface area contributed by atoms with Crippen molar-refractivity contribution >= 4 is 21.6 Å². The van der Waals surface area contributed by atoms with E-state index in [2.05, 4.69) is 0 Å². The van der Waals surface area contributed by atoms with Crippen molar-refractivity contribution in [3.8, 4) is 6.07 Å². The molecule has 0 radical (unpaired) electrons. The van der Waals surface area contributed by atoms with E-state index in [4.69, 9.17) is 5.26 Å². The molecule has 0 spiro atoms. The van der Waals surface area contributed by atoms with Gasteiger partial charge in [0.05, 0.1) is 23.9 Å². The second kappa shape index (κ2) is 10.0. The summed E-state index contributed by atoms with van der Waals surface area (Å²) >= 11 is 0. The summed E-state index contributed by atoms with van der Waals surface area (Å²) in [6, 6.07) is 14.4. The van der Waals surface area contributed by atoms with Gasteiger partial charge in [0.15, 0.2) is 0 Å². The van der Waals surface area contributed by atoms with Gasteiger partial charge in [0, 0.05) is 38.4 Å². The number of sulfonamides is 1. The minimum absolute atomic E-state index is 0.0984. The van der Waals surface area contributed by atoms with Crippen LogP contribution in [0.15, 0.2) is 53.4 Å². The Morgan fingerprint density at radius 1 is 1.06 bits per heavy atom. The molecule has 1 aliphatic rings. The van der Waals surface area contributed by atoms with Crippen LogP contribution in [0, 0.1) is 24.1 Å². The Morgan fingerprint density at radius 3 is 2.26 bits per heavy atom. The molecule has 7 nitrogen and oxygen atoms in total. The fraction of sp³-hybridized carbons (Fsp3) is 0.364. The summed E-state index contributed by atoms with van der Waals surface area (Å²) in [6.45, 7) is 3.64. The van der Waals surface area contributed by atoms with Gasteiger partial charge < -0.3 is 4.90 Å². The predicted molar refractivity (Wildman–Crippen MR) is 115 cm³/mol. The molecule has 0 bridgehead atoms. The number of carbonyl (C=O) groups is 1. The summed E-state index contributed by atoms with van der Waals surface area (Å²) in [5, 5.41) is 8.90. The summed E-state index contributed by atoms with van der Waals surface area (Å²) < 4.78 is 40.3. The summed E-state index contributed by atoms with van der Waals surface area (Å²) in [6.07, 6.45) is 0.158. The molecule has 2 aromatic rings. The number of carbonyl (C=O) groups excluding carboxylic acids is 1. The summed E-state index contributed by atoms with van der Waals surface area (Å²) in [5.41, 5.74) is 1.52. The van der Waals surface area contributed by atoms with E-state index in [0.717, 1.165) is 5.56 Å². The number of amides is 1. The van der Waals surface area contributed by atoms with Crippen LogP contribution < -0.4 is 4.90 Å². The molecule has 164 valence electrons. The minimum atomic E-state index is -3.57. The third-order valence-electron chi connectivity index (χ3n) is 5.24. The molecule has 0 unspecified atom stereocenters. The molecule has 0 N–H and O–H groups in total. The lowest BCUT2D eigenvalue weighted by Gasteiger charge is -2.34. The van der Waals surface area contributed by atoms with Gasteiger partial charge in [-0.1, -0.05) is 17.7 Å². The molecule has 3 rings (SSSR count). The molecular formula is C22H25FN4O3S. The Hall–Kier alpha value is -2.80. The zero-order valence-corrected chi connectivity index (χ0v) is 18.2. The number of benzene rings is 2. The van der Waals surface area contributed by atoms with Crippen LogP contribution in [0.3, 0.4) is 0 Å². The largest absolute Gasteiger partial charge is 0.310 e. The Kier molecular flexibility index (Phi) is 7.38. The van der Waals surface area contributed by atoms with Gasteiger partial charge in [-0.3, -0.25) is 9.69 Å². The number of aryl methyl sites for hydroxylation is 1. The molecule has 31 heavy (non-hydrogen) atoms. The van der Waals surface area contributed by atoms with Crippen molar-refractivity contribution < 1.29 is 17.6 Å². The Balaban J connectivity index is 1.62. The van der Waals surface area contributed by atoms with Crippen molar-refractivity contribution in [2.75, 3.05) is 44.2 Å². The molecule has 1 aliphatic heterocycles. The highest BCUT2D eigenvalue weighted by Gasteiger charge is 2.29. The Labute approximate surface area is 182 Å². The van der Waals surface area contributed by atoms with E-state index in [9.17, 15) is 17.6 Å². The fourth-order valence-corrected chi connectivity index (χ4v) is 4.87. The number of halogens is 1. The average molecular weight is 445 g/mol. The van der Waals surface area contributed by atoms with Crippen LogP contribution in [0.5, 0.6) is 0 Å². The molecule has 1 amide bonds. The maximum absolute atomic E-state index is 13.2. The third kappa shape index (κ3) is 5.67. The number of rotatable bonds is 7. The smallest absolute Gasteiger partial charge is 0.243 e. The molecular weight excluding hydrogens is 419 g/mol. The van der Waals surface area contributed by atoms with Gasteiger partial charge in [0.1, 0.15) is 5.82 Å². The summed E-state index contributed by atoms with van der Waals surface area (Å²) in [5.74, 6) is -0.612. The molecule has 0 aromatic heterocycles. The van der Waals surface area contributed by atoms with Crippen LogP contribution in [0.2, 0.25) is 0 Å². The highest BCUT2D eigenvalue weighted by atomic mass is 32.2. The minimum Gasteiger partial charge on any atom is -0.310 e. The number of hydrogen-bond donors (Lipinski definition) is 0. The van der Waals surface area contributed by atoms with E-state index < -0.39 is 15.8 Å². The fourth-order valence-electron chi connectivity index (χ4n) is 3.44. The van der Waals surface area contributed by atoms with Crippen molar-refractivity contribution in [1.82, 2.24) is 9.21 Å². The quantitative estimate of drug-likeness (QED) is 0.655. The van der Waals surface area contributed by atoms with Gasteiger partial charge in [0.2, 0.25) is 15.9 Å². The normalized spacial score (nSPS) is 15.4. The molecule has 9 heteroatoms. The maximum atomic E-state index is 13.2. The van der Waals surface area contributed by atoms with Crippen LogP contribution in [0.1, 0.15) is 12.0 Å². The van der Waals surface area contributed by atoms with Crippen molar-refractivity contribution in [2.24, 2.45) is 0 Å². The van der Waals surface area contributed by atoms with Crippen LogP contribution in [-0.2, 0) is 14.8 Å². The van der Waals surface area contributed by atoms with Gasteiger partial charge in [-0.15, -0.1) is 0 Å². The number of nitriles is 1. The van der Waals surface area contributed by atoms with Crippen LogP contribution in [0.25, 0.3) is 0 Å². The third-order valence-corrected chi connectivity index (χ3v) is 7.15. The zero-order chi connectivity index (χ0) is 22.4. The van der Waals surface area contributed by atoms with E-state index in [-0.39, 0.29) is 43.4 Å². The highest BCUT2D eigenvalue weighted by molar-refractivity contribution is 7.89. The monoisotopic (exact) mass is 444 g/mol. The lowest BCUT2D eigenvalue weighted by atomic mass is 10.2. The molecule has 0 atom stereocenters. The van der Waals surface area contributed by atoms with Gasteiger partial charge in [-0.05, 0) is 43.3 Å². The van der Waals surface area contributed by atoms with E-state index in [1.54, 1.807) is 24.3 Å². The van der Waals surface area contributed by atoms with Crippen LogP contribution in [0.4, 0.5) is 10.1 Å². The molecule has 2 aromatic carbocycles. The number of piperazine rings is 1. The molecule has 1 saturated heterocycles. The topological polar surface area (TPSA) is 84.7 Å². The second-order valence-electron chi connectivity index (χ2n) is 7.42. The van der Waals surface area contributed by atoms with Crippen LogP contribution in [-0.4, -0.2) is 62.8 Å². The first-order valence-electron chi connectivity index (χ1n) is 10.0. The lowest BCUT2D eigenvalue weighted by Crippen LogP contribution is -2.51. The van der Waals surface area contributed by atoms with Crippen molar-refractivity contribution in [2.45, 2.75) is 18.2 Å². The number of anilines is 1. The van der Waals surface area contributed by atoms with Crippen molar-refractivity contribution in [1.29, 1.82) is 5.26 Å². The van der Waals surface area contributed by atoms with E-state index >= 15 is 0 Å². The molecule has 0 saturated carbocycles. The maximum Gasteiger partial charge on any atom is 0.243 e. The lowest BCUT2D eigenvalue weighted by molar-refractivity contribution is -0.120. The number of nitrogens with zero attached hydrogens (tertiary/aromatic N) is 4. The molecule has 0 aliphatic carbocycles. The van der Waals surface area contributed by atoms with Gasteiger partial charge >= 0.3 is 0 Å². The van der Waals surface area contributed by atoms with Crippen LogP contribution >= 0.6 is 0 Å². The number of hydrogen-bond acceptors (Lipinski definition) is 5. The van der Waals surface area contributed by atoms with E-state index in [1.165, 1.54) is 33.5 Å². The predicted octanol–water partition coefficient (Wildman–Crippen LogP) is 2.39. The first kappa shape index (κ1) is 22.9. The summed E-state index contributed by atoms with van der Waals surface area (Å²) in [4.78, 5) is 16.5. The average Bonchev–Trinajstić information content (AvgIpc) is 2.76.